The van der Waals surface area contributed by atoms with Gasteiger partial charge in [-0.25, -0.2) is 0 Å². The van der Waals surface area contributed by atoms with Gasteiger partial charge in [-0.05, 0) is 74.2 Å². The highest BCUT2D eigenvalue weighted by molar-refractivity contribution is 8.18. The van der Waals surface area contributed by atoms with E-state index in [1.165, 1.54) is 7.11 Å². The number of likely N-dealkylation sites (tertiary alicyclic amines) is 1. The zero-order valence-electron chi connectivity index (χ0n) is 17.2. The number of amides is 3. The number of benzene rings is 1. The number of ether oxygens (including phenoxy) is 2. The molecule has 0 N–H and O–H groups in total. The second-order valence-electron chi connectivity index (χ2n) is 7.26. The van der Waals surface area contributed by atoms with Gasteiger partial charge in [0.2, 0.25) is 5.91 Å². The Morgan fingerprint density at radius 2 is 1.90 bits per heavy atom. The first-order valence-corrected chi connectivity index (χ1v) is 10.4. The van der Waals surface area contributed by atoms with Crippen molar-refractivity contribution in [2.24, 2.45) is 0 Å². The maximum atomic E-state index is 12.8. The molecule has 0 unspecified atom stereocenters. The third-order valence-corrected chi connectivity index (χ3v) is 6.26. The van der Waals surface area contributed by atoms with Crippen molar-refractivity contribution in [2.75, 3.05) is 27.3 Å². The van der Waals surface area contributed by atoms with E-state index in [9.17, 15) is 14.4 Å². The molecule has 2 heterocycles. The van der Waals surface area contributed by atoms with E-state index in [1.807, 2.05) is 19.9 Å². The molecule has 156 valence electrons. The van der Waals surface area contributed by atoms with E-state index in [0.29, 0.717) is 22.9 Å². The van der Waals surface area contributed by atoms with Crippen molar-refractivity contribution in [3.63, 3.8) is 0 Å². The zero-order chi connectivity index (χ0) is 21.1. The highest BCUT2D eigenvalue weighted by Crippen LogP contribution is 2.36. The van der Waals surface area contributed by atoms with Gasteiger partial charge in [0.15, 0.2) is 11.5 Å². The molecule has 1 atom stereocenters. The average Bonchev–Trinajstić information content (AvgIpc) is 2.96. The van der Waals surface area contributed by atoms with Gasteiger partial charge in [-0.1, -0.05) is 0 Å². The van der Waals surface area contributed by atoms with Crippen LogP contribution in [0.25, 0.3) is 6.08 Å². The predicted molar refractivity (Wildman–Crippen MR) is 112 cm³/mol. The van der Waals surface area contributed by atoms with Gasteiger partial charge in [0, 0.05) is 12.6 Å². The smallest absolute Gasteiger partial charge is 0.294 e. The fourth-order valence-electron chi connectivity index (χ4n) is 3.62. The van der Waals surface area contributed by atoms with Crippen molar-refractivity contribution >= 4 is 34.9 Å². The molecular weight excluding hydrogens is 392 g/mol. The number of nitrogens with zero attached hydrogens (tertiary/aromatic N) is 2. The van der Waals surface area contributed by atoms with Gasteiger partial charge >= 0.3 is 0 Å². The summed E-state index contributed by atoms with van der Waals surface area (Å²) < 4.78 is 10.6. The number of hydrogen-bond donors (Lipinski definition) is 0. The summed E-state index contributed by atoms with van der Waals surface area (Å²) in [4.78, 5) is 41.0. The summed E-state index contributed by atoms with van der Waals surface area (Å²) in [5.41, 5.74) is 1.64. The molecular formula is C21H26N2O5S. The second kappa shape index (κ2) is 8.90. The number of hydrogen-bond acceptors (Lipinski definition) is 6. The minimum atomic E-state index is -0.438. The molecule has 2 aliphatic heterocycles. The molecule has 3 rings (SSSR count). The largest absolute Gasteiger partial charge is 0.493 e. The van der Waals surface area contributed by atoms with Crippen LogP contribution in [0, 0.1) is 6.92 Å². The summed E-state index contributed by atoms with van der Waals surface area (Å²) in [5, 5.41) is -0.419. The van der Waals surface area contributed by atoms with Crippen molar-refractivity contribution in [3.05, 3.63) is 28.2 Å². The predicted octanol–water partition coefficient (Wildman–Crippen LogP) is 3.45. The Labute approximate surface area is 175 Å². The molecule has 1 aromatic rings. The molecule has 8 heteroatoms. The first kappa shape index (κ1) is 21.2. The van der Waals surface area contributed by atoms with Crippen LogP contribution in [0.3, 0.4) is 0 Å². The Kier molecular flexibility index (Phi) is 6.52. The molecule has 0 bridgehead atoms. The fourth-order valence-corrected chi connectivity index (χ4v) is 4.45. The maximum Gasteiger partial charge on any atom is 0.294 e. The first-order chi connectivity index (χ1) is 13.8. The topological polar surface area (TPSA) is 76.2 Å². The average molecular weight is 419 g/mol. The van der Waals surface area contributed by atoms with Gasteiger partial charge in [-0.15, -0.1) is 0 Å². The first-order valence-electron chi connectivity index (χ1n) is 9.63. The number of methoxy groups -OCH3 is 2. The number of carbonyl (C=O) groups is 3. The van der Waals surface area contributed by atoms with Gasteiger partial charge in [-0.3, -0.25) is 19.3 Å². The Morgan fingerprint density at radius 1 is 1.21 bits per heavy atom. The monoisotopic (exact) mass is 418 g/mol. The van der Waals surface area contributed by atoms with Crippen LogP contribution in [0.4, 0.5) is 4.79 Å². The molecule has 29 heavy (non-hydrogen) atoms. The van der Waals surface area contributed by atoms with Crippen molar-refractivity contribution < 1.29 is 23.9 Å². The summed E-state index contributed by atoms with van der Waals surface area (Å²) in [6.45, 7) is 4.36. The van der Waals surface area contributed by atoms with Gasteiger partial charge in [0.25, 0.3) is 11.1 Å². The fraction of sp³-hybridized carbons (Fsp3) is 0.476. The van der Waals surface area contributed by atoms with E-state index in [-0.39, 0.29) is 18.5 Å². The lowest BCUT2D eigenvalue weighted by molar-refractivity contribution is -0.138. The number of imide groups is 1. The Hall–Kier alpha value is -2.48. The van der Waals surface area contributed by atoms with Crippen LogP contribution in [0.5, 0.6) is 11.5 Å². The second-order valence-corrected chi connectivity index (χ2v) is 8.26. The molecule has 0 aliphatic carbocycles. The molecule has 0 saturated carbocycles. The van der Waals surface area contributed by atoms with Crippen LogP contribution < -0.4 is 9.47 Å². The third-order valence-electron chi connectivity index (χ3n) is 5.35. The summed E-state index contributed by atoms with van der Waals surface area (Å²) in [5.74, 6) is 0.518. The number of aryl methyl sites for hydroxylation is 1. The maximum absolute atomic E-state index is 12.8. The van der Waals surface area contributed by atoms with Crippen molar-refractivity contribution in [1.82, 2.24) is 9.80 Å². The summed E-state index contributed by atoms with van der Waals surface area (Å²) in [6, 6.07) is 3.72. The standard InChI is InChI=1S/C21H26N2O5S/c1-13-9-16(27-3)17(28-4)10-15(13)11-18-20(25)23(21(26)29-18)12-19(24)22-8-6-5-7-14(22)2/h9-11,14H,5-8,12H2,1-4H3/b18-11-/t14-/m1/s1. The lowest BCUT2D eigenvalue weighted by Gasteiger charge is -2.34. The van der Waals surface area contributed by atoms with Crippen LogP contribution in [-0.4, -0.2) is 60.2 Å². The van der Waals surface area contributed by atoms with E-state index < -0.39 is 11.1 Å². The molecule has 1 aromatic carbocycles. The van der Waals surface area contributed by atoms with E-state index in [4.69, 9.17) is 9.47 Å². The van der Waals surface area contributed by atoms with E-state index in [2.05, 4.69) is 0 Å². The molecule has 7 nitrogen and oxygen atoms in total. The molecule has 2 saturated heterocycles. The normalized spacial score (nSPS) is 21.1. The van der Waals surface area contributed by atoms with Crippen LogP contribution in [-0.2, 0) is 9.59 Å². The minimum absolute atomic E-state index is 0.140. The zero-order valence-corrected chi connectivity index (χ0v) is 18.0. The van der Waals surface area contributed by atoms with Crippen molar-refractivity contribution in [2.45, 2.75) is 39.2 Å². The molecule has 2 aliphatic rings. The van der Waals surface area contributed by atoms with E-state index in [1.54, 1.807) is 24.2 Å². The van der Waals surface area contributed by atoms with Crippen LogP contribution >= 0.6 is 11.8 Å². The van der Waals surface area contributed by atoms with Gasteiger partial charge in [0.1, 0.15) is 6.54 Å². The Morgan fingerprint density at radius 3 is 2.55 bits per heavy atom. The number of carbonyl (C=O) groups excluding carboxylic acids is 3. The summed E-state index contributed by atoms with van der Waals surface area (Å²) >= 11 is 0.854. The van der Waals surface area contributed by atoms with Crippen molar-refractivity contribution in [1.29, 1.82) is 0 Å². The van der Waals surface area contributed by atoms with E-state index >= 15 is 0 Å². The summed E-state index contributed by atoms with van der Waals surface area (Å²) in [6.07, 6.45) is 4.67. The highest BCUT2D eigenvalue weighted by atomic mass is 32.2. The molecule has 0 aromatic heterocycles. The quantitative estimate of drug-likeness (QED) is 0.682. The van der Waals surface area contributed by atoms with Crippen molar-refractivity contribution in [3.8, 4) is 11.5 Å². The molecule has 0 radical (unpaired) electrons. The molecule has 3 amide bonds. The van der Waals surface area contributed by atoms with Gasteiger partial charge in [-0.2, -0.15) is 0 Å². The van der Waals surface area contributed by atoms with Crippen LogP contribution in [0.15, 0.2) is 17.0 Å². The van der Waals surface area contributed by atoms with Crippen LogP contribution in [0.1, 0.15) is 37.3 Å². The Bertz CT molecular complexity index is 867. The number of rotatable bonds is 5. The van der Waals surface area contributed by atoms with Gasteiger partial charge in [0.05, 0.1) is 19.1 Å². The van der Waals surface area contributed by atoms with Gasteiger partial charge < -0.3 is 14.4 Å². The Balaban J connectivity index is 1.79. The number of thioether (sulfide) groups is 1. The molecule has 0 spiro atoms. The highest BCUT2D eigenvalue weighted by Gasteiger charge is 2.38. The van der Waals surface area contributed by atoms with E-state index in [0.717, 1.165) is 47.1 Å². The SMILES string of the molecule is COc1cc(C)c(/C=C2\SC(=O)N(CC(=O)N3CCCC[C@H]3C)C2=O)cc1OC. The van der Waals surface area contributed by atoms with Crippen LogP contribution in [0.2, 0.25) is 0 Å². The number of piperidine rings is 1. The molecule has 2 fully saturated rings. The lowest BCUT2D eigenvalue weighted by Crippen LogP contribution is -2.47. The third kappa shape index (κ3) is 4.42. The summed E-state index contributed by atoms with van der Waals surface area (Å²) in [7, 11) is 3.10. The lowest BCUT2D eigenvalue weighted by atomic mass is 10.0. The minimum Gasteiger partial charge on any atom is -0.493 e.